The van der Waals surface area contributed by atoms with Crippen molar-refractivity contribution >= 4 is 23.2 Å². The second-order valence-corrected chi connectivity index (χ2v) is 5.82. The van der Waals surface area contributed by atoms with Crippen molar-refractivity contribution in [3.8, 4) is 11.8 Å². The lowest BCUT2D eigenvalue weighted by atomic mass is 9.87. The Bertz CT molecular complexity index is 672. The van der Waals surface area contributed by atoms with Crippen LogP contribution in [0.2, 0.25) is 0 Å². The molecule has 1 fully saturated rings. The lowest BCUT2D eigenvalue weighted by molar-refractivity contribution is -0.123. The van der Waals surface area contributed by atoms with E-state index < -0.39 is 11.5 Å². The van der Waals surface area contributed by atoms with Crippen LogP contribution in [0.3, 0.4) is 0 Å². The fourth-order valence-electron chi connectivity index (χ4n) is 2.91. The molecule has 1 aromatic rings. The fourth-order valence-corrected chi connectivity index (χ4v) is 2.91. The first kappa shape index (κ1) is 14.4. The maximum Gasteiger partial charge on any atom is 0.265 e. The molecule has 1 atom stereocenters. The van der Waals surface area contributed by atoms with Gasteiger partial charge < -0.3 is 15.4 Å². The molecule has 2 amide bonds. The second kappa shape index (κ2) is 5.34. The summed E-state index contributed by atoms with van der Waals surface area (Å²) in [6.07, 6.45) is 2.45. The Hall–Kier alpha value is -2.55. The van der Waals surface area contributed by atoms with E-state index in [1.807, 2.05) is 0 Å². The molecule has 0 spiro atoms. The molecular weight excluding hydrogens is 282 g/mol. The Morgan fingerprint density at radius 1 is 1.45 bits per heavy atom. The second-order valence-electron chi connectivity index (χ2n) is 5.82. The van der Waals surface area contributed by atoms with E-state index in [2.05, 4.69) is 16.7 Å². The number of nitrogens with zero attached hydrogens (tertiary/aromatic N) is 1. The van der Waals surface area contributed by atoms with Gasteiger partial charge in [0.1, 0.15) is 11.2 Å². The molecule has 0 bridgehead atoms. The number of carbonyl (C=O) groups is 2. The number of fused-ring (bicyclic) bond motifs is 1. The van der Waals surface area contributed by atoms with Crippen molar-refractivity contribution in [2.24, 2.45) is 5.41 Å². The van der Waals surface area contributed by atoms with E-state index in [1.165, 1.54) is 0 Å². The number of hydrogen-bond acceptors (Lipinski definition) is 4. The molecule has 1 aliphatic carbocycles. The van der Waals surface area contributed by atoms with Crippen LogP contribution in [-0.4, -0.2) is 17.9 Å². The summed E-state index contributed by atoms with van der Waals surface area (Å²) in [6.45, 7) is 1.67. The van der Waals surface area contributed by atoms with E-state index in [9.17, 15) is 14.9 Å². The van der Waals surface area contributed by atoms with Crippen LogP contribution in [0.4, 0.5) is 11.4 Å². The molecule has 1 saturated carbocycles. The monoisotopic (exact) mass is 299 g/mol. The highest BCUT2D eigenvalue weighted by molar-refractivity contribution is 6.00. The van der Waals surface area contributed by atoms with Crippen LogP contribution in [-0.2, 0) is 9.59 Å². The van der Waals surface area contributed by atoms with Crippen LogP contribution < -0.4 is 15.4 Å². The number of nitrogens with one attached hydrogen (secondary N) is 2. The molecule has 0 saturated heterocycles. The topological polar surface area (TPSA) is 91.2 Å². The average molecular weight is 299 g/mol. The van der Waals surface area contributed by atoms with Crippen molar-refractivity contribution in [3.63, 3.8) is 0 Å². The summed E-state index contributed by atoms with van der Waals surface area (Å²) in [6, 6.07) is 7.23. The summed E-state index contributed by atoms with van der Waals surface area (Å²) in [5.74, 6) is 0.0742. The van der Waals surface area contributed by atoms with Gasteiger partial charge in [-0.2, -0.15) is 5.26 Å². The average Bonchev–Trinajstić information content (AvgIpc) is 2.99. The Labute approximate surface area is 128 Å². The molecule has 6 heteroatoms. The Balaban J connectivity index is 1.79. The highest BCUT2D eigenvalue weighted by Gasteiger charge is 2.41. The van der Waals surface area contributed by atoms with E-state index in [-0.39, 0.29) is 11.8 Å². The van der Waals surface area contributed by atoms with Crippen molar-refractivity contribution in [2.45, 2.75) is 38.7 Å². The first-order chi connectivity index (χ1) is 10.5. The smallest absolute Gasteiger partial charge is 0.265 e. The molecule has 114 valence electrons. The molecule has 2 N–H and O–H groups in total. The van der Waals surface area contributed by atoms with Gasteiger partial charge >= 0.3 is 0 Å². The number of nitriles is 1. The van der Waals surface area contributed by atoms with Gasteiger partial charge in [0.25, 0.3) is 5.91 Å². The Morgan fingerprint density at radius 2 is 2.18 bits per heavy atom. The van der Waals surface area contributed by atoms with Gasteiger partial charge in [-0.25, -0.2) is 0 Å². The van der Waals surface area contributed by atoms with Gasteiger partial charge in [-0.1, -0.05) is 12.8 Å². The molecule has 0 radical (unpaired) electrons. The summed E-state index contributed by atoms with van der Waals surface area (Å²) < 4.78 is 5.47. The standard InChI is InChI=1S/C16H17N3O3/c1-10-14(20)19-12-8-11(4-5-13(12)22-10)18-15(21)16(9-17)6-2-3-7-16/h4-5,8,10H,2-3,6-7H2,1H3,(H,18,21)(H,19,20). The summed E-state index contributed by atoms with van der Waals surface area (Å²) >= 11 is 0. The van der Waals surface area contributed by atoms with Crippen LogP contribution >= 0.6 is 0 Å². The maximum absolute atomic E-state index is 12.4. The first-order valence-electron chi connectivity index (χ1n) is 7.38. The van der Waals surface area contributed by atoms with Gasteiger partial charge in [-0.15, -0.1) is 0 Å². The number of ether oxygens (including phenoxy) is 1. The third kappa shape index (κ3) is 2.39. The first-order valence-corrected chi connectivity index (χ1v) is 7.38. The SMILES string of the molecule is CC1Oc2ccc(NC(=O)C3(C#N)CCCC3)cc2NC1=O. The predicted molar refractivity (Wildman–Crippen MR) is 80.3 cm³/mol. The highest BCUT2D eigenvalue weighted by Crippen LogP contribution is 2.39. The van der Waals surface area contributed by atoms with Gasteiger partial charge in [0.15, 0.2) is 6.10 Å². The third-order valence-corrected chi connectivity index (χ3v) is 4.27. The van der Waals surface area contributed by atoms with Crippen LogP contribution in [0, 0.1) is 16.7 Å². The molecule has 22 heavy (non-hydrogen) atoms. The van der Waals surface area contributed by atoms with Crippen LogP contribution in [0.5, 0.6) is 5.75 Å². The quantitative estimate of drug-likeness (QED) is 0.877. The molecule has 2 aliphatic rings. The minimum atomic E-state index is -0.926. The lowest BCUT2D eigenvalue weighted by Crippen LogP contribution is -2.35. The van der Waals surface area contributed by atoms with Gasteiger partial charge in [-0.05, 0) is 38.0 Å². The van der Waals surface area contributed by atoms with Crippen LogP contribution in [0.15, 0.2) is 18.2 Å². The van der Waals surface area contributed by atoms with Crippen molar-refractivity contribution in [1.82, 2.24) is 0 Å². The highest BCUT2D eigenvalue weighted by atomic mass is 16.5. The van der Waals surface area contributed by atoms with Crippen molar-refractivity contribution in [3.05, 3.63) is 18.2 Å². The fraction of sp³-hybridized carbons (Fsp3) is 0.438. The van der Waals surface area contributed by atoms with Gasteiger partial charge in [0.2, 0.25) is 5.91 Å². The molecule has 1 aromatic carbocycles. The molecule has 0 aromatic heterocycles. The predicted octanol–water partition coefficient (Wildman–Crippen LogP) is 2.43. The number of amides is 2. The van der Waals surface area contributed by atoms with Crippen LogP contribution in [0.1, 0.15) is 32.6 Å². The van der Waals surface area contributed by atoms with E-state index in [1.54, 1.807) is 25.1 Å². The minimum absolute atomic E-state index is 0.222. The van der Waals surface area contributed by atoms with E-state index in [0.717, 1.165) is 12.8 Å². The largest absolute Gasteiger partial charge is 0.479 e. The number of hydrogen-bond donors (Lipinski definition) is 2. The maximum atomic E-state index is 12.4. The van der Waals surface area contributed by atoms with E-state index >= 15 is 0 Å². The Kier molecular flexibility index (Phi) is 3.49. The van der Waals surface area contributed by atoms with Gasteiger partial charge in [-0.3, -0.25) is 9.59 Å². The lowest BCUT2D eigenvalue weighted by Gasteiger charge is -2.24. The number of anilines is 2. The van der Waals surface area contributed by atoms with Crippen LogP contribution in [0.25, 0.3) is 0 Å². The molecular formula is C16H17N3O3. The summed E-state index contributed by atoms with van der Waals surface area (Å²) in [7, 11) is 0. The zero-order chi connectivity index (χ0) is 15.7. The number of carbonyl (C=O) groups excluding carboxylic acids is 2. The molecule has 3 rings (SSSR count). The number of rotatable bonds is 2. The van der Waals surface area contributed by atoms with Crippen molar-refractivity contribution < 1.29 is 14.3 Å². The van der Waals surface area contributed by atoms with Gasteiger partial charge in [0.05, 0.1) is 11.8 Å². The Morgan fingerprint density at radius 3 is 2.86 bits per heavy atom. The van der Waals surface area contributed by atoms with Crippen molar-refractivity contribution in [2.75, 3.05) is 10.6 Å². The van der Waals surface area contributed by atoms with E-state index in [0.29, 0.717) is 30.0 Å². The van der Waals surface area contributed by atoms with E-state index in [4.69, 9.17) is 4.74 Å². The molecule has 1 unspecified atom stereocenters. The summed E-state index contributed by atoms with van der Waals surface area (Å²) in [5, 5.41) is 14.9. The summed E-state index contributed by atoms with van der Waals surface area (Å²) in [5.41, 5.74) is 0.145. The zero-order valence-electron chi connectivity index (χ0n) is 12.3. The molecule has 6 nitrogen and oxygen atoms in total. The normalized spacial score (nSPS) is 22.0. The van der Waals surface area contributed by atoms with Crippen molar-refractivity contribution in [1.29, 1.82) is 5.26 Å². The summed E-state index contributed by atoms with van der Waals surface area (Å²) in [4.78, 5) is 24.0. The third-order valence-electron chi connectivity index (χ3n) is 4.27. The van der Waals surface area contributed by atoms with Gasteiger partial charge in [0, 0.05) is 5.69 Å². The zero-order valence-corrected chi connectivity index (χ0v) is 12.3. The molecule has 1 aliphatic heterocycles. The molecule has 1 heterocycles. The number of benzene rings is 1. The minimum Gasteiger partial charge on any atom is -0.479 e.